The highest BCUT2D eigenvalue weighted by Crippen LogP contribution is 2.11. The molecule has 7 heteroatoms. The van der Waals surface area contributed by atoms with Crippen molar-refractivity contribution in [3.8, 4) is 0 Å². The van der Waals surface area contributed by atoms with E-state index in [1.807, 2.05) is 25.1 Å². The molecule has 7 nitrogen and oxygen atoms in total. The first-order chi connectivity index (χ1) is 11.0. The van der Waals surface area contributed by atoms with Crippen LogP contribution in [0.25, 0.3) is 0 Å². The lowest BCUT2D eigenvalue weighted by atomic mass is 10.2. The number of hydrogen-bond acceptors (Lipinski definition) is 4. The second-order valence-corrected chi connectivity index (χ2v) is 5.42. The van der Waals surface area contributed by atoms with Crippen LogP contribution in [0.1, 0.15) is 20.8 Å². The Morgan fingerprint density at radius 2 is 1.87 bits per heavy atom. The van der Waals surface area contributed by atoms with Gasteiger partial charge in [0, 0.05) is 31.8 Å². The number of aromatic nitrogens is 2. The van der Waals surface area contributed by atoms with Crippen molar-refractivity contribution in [3.63, 3.8) is 0 Å². The smallest absolute Gasteiger partial charge is 0.271 e. The topological polar surface area (TPSA) is 79.3 Å². The van der Waals surface area contributed by atoms with Gasteiger partial charge in [0.05, 0.1) is 0 Å². The van der Waals surface area contributed by atoms with Crippen molar-refractivity contribution in [1.82, 2.24) is 20.0 Å². The zero-order chi connectivity index (χ0) is 16.8. The molecule has 2 N–H and O–H groups in total. The van der Waals surface area contributed by atoms with E-state index in [4.69, 9.17) is 0 Å². The monoisotopic (exact) mass is 315 g/mol. The van der Waals surface area contributed by atoms with E-state index in [1.54, 1.807) is 37.4 Å². The number of hydrogen-bond donors (Lipinski definition) is 2. The number of nitrogens with zero attached hydrogens (tertiary/aromatic N) is 3. The molecule has 0 fully saturated rings. The number of amides is 2. The van der Waals surface area contributed by atoms with Gasteiger partial charge in [0.2, 0.25) is 0 Å². The molecular weight excluding hydrogens is 294 g/mol. The minimum atomic E-state index is -0.261. The molecule has 122 valence electrons. The molecule has 23 heavy (non-hydrogen) atoms. The summed E-state index contributed by atoms with van der Waals surface area (Å²) in [6.45, 7) is 1.28. The van der Waals surface area contributed by atoms with Crippen molar-refractivity contribution in [2.75, 3.05) is 32.5 Å². The molecule has 0 aliphatic carbocycles. The molecule has 0 atom stereocenters. The van der Waals surface area contributed by atoms with Crippen LogP contribution in [0.4, 0.5) is 5.82 Å². The SMILES string of the molecule is CN(C)CCNC(=O)c1cc(NC(=O)c2ccccc2)n(C)n1. The molecular formula is C16H21N5O2. The van der Waals surface area contributed by atoms with Crippen LogP contribution >= 0.6 is 0 Å². The van der Waals surface area contributed by atoms with Gasteiger partial charge in [0.15, 0.2) is 5.69 Å². The Hall–Kier alpha value is -2.67. The Balaban J connectivity index is 2.00. The number of benzene rings is 1. The van der Waals surface area contributed by atoms with E-state index in [1.165, 1.54) is 4.68 Å². The average molecular weight is 315 g/mol. The van der Waals surface area contributed by atoms with E-state index >= 15 is 0 Å². The fourth-order valence-electron chi connectivity index (χ4n) is 1.96. The molecule has 2 rings (SSSR count). The Labute approximate surface area is 135 Å². The van der Waals surface area contributed by atoms with E-state index in [0.717, 1.165) is 6.54 Å². The van der Waals surface area contributed by atoms with Crippen molar-refractivity contribution >= 4 is 17.6 Å². The normalized spacial score (nSPS) is 10.6. The predicted octanol–water partition coefficient (Wildman–Crippen LogP) is 0.964. The number of carbonyl (C=O) groups excluding carboxylic acids is 2. The second kappa shape index (κ2) is 7.55. The van der Waals surface area contributed by atoms with Gasteiger partial charge in [-0.05, 0) is 26.2 Å². The number of carbonyl (C=O) groups is 2. The number of aryl methyl sites for hydroxylation is 1. The third-order valence-corrected chi connectivity index (χ3v) is 3.23. The van der Waals surface area contributed by atoms with Crippen molar-refractivity contribution in [1.29, 1.82) is 0 Å². The van der Waals surface area contributed by atoms with Gasteiger partial charge in [0.1, 0.15) is 5.82 Å². The first-order valence-electron chi connectivity index (χ1n) is 7.30. The Kier molecular flexibility index (Phi) is 5.48. The van der Waals surface area contributed by atoms with Crippen molar-refractivity contribution in [3.05, 3.63) is 47.7 Å². The molecule has 1 heterocycles. The maximum Gasteiger partial charge on any atom is 0.271 e. The lowest BCUT2D eigenvalue weighted by Gasteiger charge is -2.09. The summed E-state index contributed by atoms with van der Waals surface area (Å²) in [5, 5.41) is 9.67. The van der Waals surface area contributed by atoms with Crippen molar-refractivity contribution < 1.29 is 9.59 Å². The summed E-state index contributed by atoms with van der Waals surface area (Å²) >= 11 is 0. The fourth-order valence-corrected chi connectivity index (χ4v) is 1.96. The molecule has 0 spiro atoms. The van der Waals surface area contributed by atoms with E-state index in [9.17, 15) is 9.59 Å². The van der Waals surface area contributed by atoms with Gasteiger partial charge in [-0.3, -0.25) is 14.3 Å². The third kappa shape index (κ3) is 4.65. The zero-order valence-electron chi connectivity index (χ0n) is 13.5. The Morgan fingerprint density at radius 1 is 1.17 bits per heavy atom. The predicted molar refractivity (Wildman–Crippen MR) is 88.5 cm³/mol. The summed E-state index contributed by atoms with van der Waals surface area (Å²) in [5.74, 6) is -0.0348. The maximum atomic E-state index is 12.1. The number of anilines is 1. The van der Waals surface area contributed by atoms with Crippen LogP contribution in [0, 0.1) is 0 Å². The molecule has 0 aliphatic rings. The van der Waals surface area contributed by atoms with E-state index < -0.39 is 0 Å². The van der Waals surface area contributed by atoms with Crippen LogP contribution in [0.5, 0.6) is 0 Å². The fraction of sp³-hybridized carbons (Fsp3) is 0.312. The summed E-state index contributed by atoms with van der Waals surface area (Å²) in [4.78, 5) is 26.1. The lowest BCUT2D eigenvalue weighted by Crippen LogP contribution is -2.31. The van der Waals surface area contributed by atoms with Crippen LogP contribution in [-0.4, -0.2) is 53.7 Å². The molecule has 2 aromatic rings. The molecule has 2 amide bonds. The average Bonchev–Trinajstić information content (AvgIpc) is 2.89. The molecule has 1 aromatic heterocycles. The highest BCUT2D eigenvalue weighted by molar-refractivity contribution is 6.04. The Morgan fingerprint density at radius 3 is 2.52 bits per heavy atom. The van der Waals surface area contributed by atoms with Crippen LogP contribution in [0.15, 0.2) is 36.4 Å². The van der Waals surface area contributed by atoms with Gasteiger partial charge in [0.25, 0.3) is 11.8 Å². The van der Waals surface area contributed by atoms with Crippen LogP contribution in [-0.2, 0) is 7.05 Å². The van der Waals surface area contributed by atoms with E-state index in [-0.39, 0.29) is 17.5 Å². The highest BCUT2D eigenvalue weighted by Gasteiger charge is 2.14. The molecule has 1 aromatic carbocycles. The molecule has 0 bridgehead atoms. The summed E-state index contributed by atoms with van der Waals surface area (Å²) in [6.07, 6.45) is 0. The molecule has 0 radical (unpaired) electrons. The largest absolute Gasteiger partial charge is 0.349 e. The van der Waals surface area contributed by atoms with Crippen molar-refractivity contribution in [2.45, 2.75) is 0 Å². The van der Waals surface area contributed by atoms with Crippen LogP contribution < -0.4 is 10.6 Å². The minimum Gasteiger partial charge on any atom is -0.349 e. The number of likely N-dealkylation sites (N-methyl/N-ethyl adjacent to an activating group) is 1. The minimum absolute atomic E-state index is 0.242. The van der Waals surface area contributed by atoms with Gasteiger partial charge in [-0.25, -0.2) is 0 Å². The third-order valence-electron chi connectivity index (χ3n) is 3.23. The quantitative estimate of drug-likeness (QED) is 0.832. The summed E-state index contributed by atoms with van der Waals surface area (Å²) in [6, 6.07) is 10.4. The Bertz CT molecular complexity index is 679. The molecule has 0 saturated heterocycles. The van der Waals surface area contributed by atoms with Gasteiger partial charge in [-0.1, -0.05) is 18.2 Å². The molecule has 0 unspecified atom stereocenters. The summed E-state index contributed by atoms with van der Waals surface area (Å²) in [5.41, 5.74) is 0.820. The van der Waals surface area contributed by atoms with E-state index in [2.05, 4.69) is 15.7 Å². The van der Waals surface area contributed by atoms with Gasteiger partial charge < -0.3 is 15.5 Å². The molecule has 0 saturated carbocycles. The lowest BCUT2D eigenvalue weighted by molar-refractivity contribution is 0.0944. The zero-order valence-corrected chi connectivity index (χ0v) is 13.5. The summed E-state index contributed by atoms with van der Waals surface area (Å²) < 4.78 is 1.47. The summed E-state index contributed by atoms with van der Waals surface area (Å²) in [7, 11) is 5.55. The molecule has 0 aliphatic heterocycles. The highest BCUT2D eigenvalue weighted by atomic mass is 16.2. The number of nitrogens with one attached hydrogen (secondary N) is 2. The number of rotatable bonds is 6. The van der Waals surface area contributed by atoms with Gasteiger partial charge >= 0.3 is 0 Å². The van der Waals surface area contributed by atoms with Crippen molar-refractivity contribution in [2.24, 2.45) is 7.05 Å². The van der Waals surface area contributed by atoms with Crippen LogP contribution in [0.2, 0.25) is 0 Å². The van der Waals surface area contributed by atoms with Gasteiger partial charge in [-0.15, -0.1) is 0 Å². The standard InChI is InChI=1S/C16H21N5O2/c1-20(2)10-9-17-16(23)13-11-14(21(3)19-13)18-15(22)12-7-5-4-6-8-12/h4-8,11H,9-10H2,1-3H3,(H,17,23)(H,18,22). The van der Waals surface area contributed by atoms with Gasteiger partial charge in [-0.2, -0.15) is 5.10 Å². The second-order valence-electron chi connectivity index (χ2n) is 5.42. The maximum absolute atomic E-state index is 12.1. The first kappa shape index (κ1) is 16.7. The first-order valence-corrected chi connectivity index (χ1v) is 7.30. The van der Waals surface area contributed by atoms with E-state index in [0.29, 0.717) is 17.9 Å². The van der Waals surface area contributed by atoms with Crippen LogP contribution in [0.3, 0.4) is 0 Å².